The summed E-state index contributed by atoms with van der Waals surface area (Å²) in [5.74, 6) is 0. The van der Waals surface area contributed by atoms with Gasteiger partial charge in [0.25, 0.3) is 0 Å². The second-order valence-electron chi connectivity index (χ2n) is 4.33. The molecule has 2 nitrogen and oxygen atoms in total. The van der Waals surface area contributed by atoms with Gasteiger partial charge in [-0.2, -0.15) is 0 Å². The van der Waals surface area contributed by atoms with Crippen molar-refractivity contribution in [2.75, 3.05) is 31.2 Å². The molecule has 0 aliphatic carbocycles. The van der Waals surface area contributed by atoms with Gasteiger partial charge in [-0.1, -0.05) is 6.07 Å². The van der Waals surface area contributed by atoms with Gasteiger partial charge in [-0.25, -0.2) is 0 Å². The van der Waals surface area contributed by atoms with Crippen LogP contribution >= 0.6 is 0 Å². The zero-order chi connectivity index (χ0) is 10.8. The van der Waals surface area contributed by atoms with Gasteiger partial charge in [0.1, 0.15) is 0 Å². The Hall–Kier alpha value is -1.02. The molecule has 0 amide bonds. The molecule has 82 valence electrons. The van der Waals surface area contributed by atoms with Gasteiger partial charge in [-0.05, 0) is 43.5 Å². The first kappa shape index (κ1) is 10.5. The van der Waals surface area contributed by atoms with Gasteiger partial charge >= 0.3 is 0 Å². The first-order valence-corrected chi connectivity index (χ1v) is 5.59. The van der Waals surface area contributed by atoms with E-state index in [-0.39, 0.29) is 0 Å². The third-order valence-corrected chi connectivity index (χ3v) is 3.14. The fourth-order valence-electron chi connectivity index (χ4n) is 2.15. The maximum atomic E-state index is 5.38. The molecule has 1 fully saturated rings. The van der Waals surface area contributed by atoms with Crippen LogP contribution in [0.25, 0.3) is 0 Å². The normalized spacial score (nSPS) is 16.9. The molecule has 0 atom stereocenters. The predicted molar refractivity (Wildman–Crippen MR) is 63.7 cm³/mol. The molecule has 0 bridgehead atoms. The summed E-state index contributed by atoms with van der Waals surface area (Å²) in [5, 5.41) is 0. The number of hydrogen-bond donors (Lipinski definition) is 0. The van der Waals surface area contributed by atoms with E-state index in [2.05, 4.69) is 37.8 Å². The quantitative estimate of drug-likeness (QED) is 0.698. The van der Waals surface area contributed by atoms with E-state index >= 15 is 0 Å². The average Bonchev–Trinajstić information content (AvgIpc) is 2.24. The number of aryl methyl sites for hydroxylation is 2. The molecule has 1 aromatic carbocycles. The fraction of sp³-hybridized carbons (Fsp3) is 0.538. The minimum absolute atomic E-state index is 0.854. The molecule has 0 unspecified atom stereocenters. The minimum atomic E-state index is 0.854. The number of benzene rings is 1. The topological polar surface area (TPSA) is 12.5 Å². The zero-order valence-corrected chi connectivity index (χ0v) is 9.84. The van der Waals surface area contributed by atoms with Gasteiger partial charge in [-0.15, -0.1) is 0 Å². The maximum Gasteiger partial charge on any atom is 0.0642 e. The van der Waals surface area contributed by atoms with E-state index in [4.69, 9.17) is 4.74 Å². The number of rotatable bonds is 1. The molecule has 1 heterocycles. The highest BCUT2D eigenvalue weighted by molar-refractivity contribution is 5.58. The van der Waals surface area contributed by atoms with Crippen LogP contribution in [0, 0.1) is 20.8 Å². The Bertz CT molecular complexity index is 354. The molecule has 1 aliphatic heterocycles. The molecular formula is C13H19NO. The molecule has 15 heavy (non-hydrogen) atoms. The number of anilines is 1. The fourth-order valence-corrected chi connectivity index (χ4v) is 2.15. The van der Waals surface area contributed by atoms with E-state index < -0.39 is 0 Å². The van der Waals surface area contributed by atoms with Crippen LogP contribution in [-0.4, -0.2) is 26.3 Å². The van der Waals surface area contributed by atoms with Crippen molar-refractivity contribution in [3.8, 4) is 0 Å². The summed E-state index contributed by atoms with van der Waals surface area (Å²) < 4.78 is 5.38. The second kappa shape index (κ2) is 4.23. The van der Waals surface area contributed by atoms with E-state index in [9.17, 15) is 0 Å². The van der Waals surface area contributed by atoms with Crippen LogP contribution in [0.4, 0.5) is 5.69 Å². The van der Waals surface area contributed by atoms with Crippen LogP contribution in [0.2, 0.25) is 0 Å². The van der Waals surface area contributed by atoms with Gasteiger partial charge in [0.05, 0.1) is 13.2 Å². The first-order valence-electron chi connectivity index (χ1n) is 5.59. The summed E-state index contributed by atoms with van der Waals surface area (Å²) in [6.07, 6.45) is 0. The monoisotopic (exact) mass is 205 g/mol. The lowest BCUT2D eigenvalue weighted by atomic mass is 10.0. The molecular weight excluding hydrogens is 186 g/mol. The molecule has 1 saturated heterocycles. The van der Waals surface area contributed by atoms with Gasteiger partial charge in [-0.3, -0.25) is 0 Å². The van der Waals surface area contributed by atoms with Crippen molar-refractivity contribution < 1.29 is 4.74 Å². The molecule has 0 aromatic heterocycles. The Morgan fingerprint density at radius 2 is 1.73 bits per heavy atom. The molecule has 0 spiro atoms. The summed E-state index contributed by atoms with van der Waals surface area (Å²) >= 11 is 0. The van der Waals surface area contributed by atoms with Crippen LogP contribution in [-0.2, 0) is 4.74 Å². The Kier molecular flexibility index (Phi) is 2.96. The van der Waals surface area contributed by atoms with Gasteiger partial charge in [0.15, 0.2) is 0 Å². The third kappa shape index (κ3) is 2.15. The molecule has 0 N–H and O–H groups in total. The summed E-state index contributed by atoms with van der Waals surface area (Å²) in [7, 11) is 0. The minimum Gasteiger partial charge on any atom is -0.378 e. The highest BCUT2D eigenvalue weighted by Crippen LogP contribution is 2.25. The predicted octanol–water partition coefficient (Wildman–Crippen LogP) is 2.45. The Morgan fingerprint density at radius 3 is 2.40 bits per heavy atom. The van der Waals surface area contributed by atoms with Gasteiger partial charge < -0.3 is 9.64 Å². The first-order chi connectivity index (χ1) is 7.18. The van der Waals surface area contributed by atoms with Crippen molar-refractivity contribution in [2.24, 2.45) is 0 Å². The van der Waals surface area contributed by atoms with E-state index in [1.165, 1.54) is 22.4 Å². The lowest BCUT2D eigenvalue weighted by molar-refractivity contribution is 0.122. The Labute approximate surface area is 91.9 Å². The summed E-state index contributed by atoms with van der Waals surface area (Å²) in [6.45, 7) is 10.3. The highest BCUT2D eigenvalue weighted by Gasteiger charge is 2.14. The maximum absolute atomic E-state index is 5.38. The van der Waals surface area contributed by atoms with E-state index in [1.807, 2.05) is 0 Å². The number of hydrogen-bond acceptors (Lipinski definition) is 2. The van der Waals surface area contributed by atoms with Crippen LogP contribution in [0.15, 0.2) is 12.1 Å². The molecule has 0 saturated carbocycles. The molecule has 0 radical (unpaired) electrons. The van der Waals surface area contributed by atoms with Crippen molar-refractivity contribution in [3.63, 3.8) is 0 Å². The Balaban J connectivity index is 2.33. The van der Waals surface area contributed by atoms with Crippen LogP contribution < -0.4 is 4.90 Å². The van der Waals surface area contributed by atoms with Crippen molar-refractivity contribution in [3.05, 3.63) is 28.8 Å². The number of ether oxygens (including phenoxy) is 1. The molecule has 2 rings (SSSR count). The molecule has 2 heteroatoms. The second-order valence-corrected chi connectivity index (χ2v) is 4.33. The van der Waals surface area contributed by atoms with E-state index in [0.717, 1.165) is 26.3 Å². The summed E-state index contributed by atoms with van der Waals surface area (Å²) in [6, 6.07) is 4.53. The van der Waals surface area contributed by atoms with Crippen LogP contribution in [0.5, 0.6) is 0 Å². The van der Waals surface area contributed by atoms with Crippen LogP contribution in [0.1, 0.15) is 16.7 Å². The third-order valence-electron chi connectivity index (χ3n) is 3.14. The van der Waals surface area contributed by atoms with Crippen molar-refractivity contribution in [1.29, 1.82) is 0 Å². The van der Waals surface area contributed by atoms with Gasteiger partial charge in [0, 0.05) is 18.8 Å². The highest BCUT2D eigenvalue weighted by atomic mass is 16.5. The van der Waals surface area contributed by atoms with Crippen LogP contribution in [0.3, 0.4) is 0 Å². The SMILES string of the molecule is Cc1cc(C)c(C)c(N2CCOCC2)c1. The summed E-state index contributed by atoms with van der Waals surface area (Å²) in [4.78, 5) is 2.43. The standard InChI is InChI=1S/C13H19NO/c1-10-8-11(2)12(3)13(9-10)14-4-6-15-7-5-14/h8-9H,4-7H2,1-3H3. The lowest BCUT2D eigenvalue weighted by Crippen LogP contribution is -2.36. The van der Waals surface area contributed by atoms with E-state index in [0.29, 0.717) is 0 Å². The number of nitrogens with zero attached hydrogens (tertiary/aromatic N) is 1. The average molecular weight is 205 g/mol. The van der Waals surface area contributed by atoms with Crippen molar-refractivity contribution in [2.45, 2.75) is 20.8 Å². The largest absolute Gasteiger partial charge is 0.378 e. The van der Waals surface area contributed by atoms with Gasteiger partial charge in [0.2, 0.25) is 0 Å². The van der Waals surface area contributed by atoms with E-state index in [1.54, 1.807) is 0 Å². The van der Waals surface area contributed by atoms with Crippen molar-refractivity contribution >= 4 is 5.69 Å². The smallest absolute Gasteiger partial charge is 0.0642 e. The van der Waals surface area contributed by atoms with Crippen molar-refractivity contribution in [1.82, 2.24) is 0 Å². The zero-order valence-electron chi connectivity index (χ0n) is 9.84. The lowest BCUT2D eigenvalue weighted by Gasteiger charge is -2.31. The number of morpholine rings is 1. The molecule has 1 aromatic rings. The summed E-state index contributed by atoms with van der Waals surface area (Å²) in [5.41, 5.74) is 5.52. The molecule has 1 aliphatic rings. The Morgan fingerprint density at radius 1 is 1.07 bits per heavy atom.